The molecule has 6 nitrogen and oxygen atoms in total. The minimum Gasteiger partial charge on any atom is -0.481 e. The van der Waals surface area contributed by atoms with Gasteiger partial charge in [-0.2, -0.15) is 0 Å². The molecule has 1 heterocycles. The van der Waals surface area contributed by atoms with Gasteiger partial charge in [-0.25, -0.2) is 0 Å². The molecule has 2 unspecified atom stereocenters. The fourth-order valence-electron chi connectivity index (χ4n) is 1.66. The Morgan fingerprint density at radius 2 is 2.31 bits per heavy atom. The number of aliphatic carboxylic acids is 1. The molecule has 0 radical (unpaired) electrons. The van der Waals surface area contributed by atoms with E-state index in [-0.39, 0.29) is 12.0 Å². The van der Waals surface area contributed by atoms with Crippen molar-refractivity contribution in [3.8, 4) is 0 Å². The summed E-state index contributed by atoms with van der Waals surface area (Å²) in [7, 11) is 0. The molecule has 4 N–H and O–H groups in total. The zero-order chi connectivity index (χ0) is 12.2. The molecule has 0 aromatic heterocycles. The number of hydrogen-bond acceptors (Lipinski definition) is 4. The Morgan fingerprint density at radius 3 is 2.81 bits per heavy atom. The van der Waals surface area contributed by atoms with Crippen LogP contribution >= 0.6 is 0 Å². The summed E-state index contributed by atoms with van der Waals surface area (Å²) in [4.78, 5) is 21.8. The van der Waals surface area contributed by atoms with Crippen molar-refractivity contribution < 1.29 is 19.4 Å². The van der Waals surface area contributed by atoms with Crippen molar-refractivity contribution in [2.45, 2.75) is 37.8 Å². The van der Waals surface area contributed by atoms with E-state index in [4.69, 9.17) is 15.6 Å². The molecule has 0 spiro atoms. The molecular weight excluding hydrogens is 212 g/mol. The molecule has 0 saturated carbocycles. The minimum absolute atomic E-state index is 0.335. The Bertz CT molecular complexity index is 274. The second-order valence-electron chi connectivity index (χ2n) is 4.32. The van der Waals surface area contributed by atoms with Crippen LogP contribution in [0.3, 0.4) is 0 Å². The first-order valence-electron chi connectivity index (χ1n) is 5.32. The van der Waals surface area contributed by atoms with Gasteiger partial charge >= 0.3 is 5.97 Å². The highest BCUT2D eigenvalue weighted by Gasteiger charge is 2.30. The van der Waals surface area contributed by atoms with Crippen LogP contribution in [-0.2, 0) is 14.3 Å². The molecule has 16 heavy (non-hydrogen) atoms. The third-order valence-corrected chi connectivity index (χ3v) is 2.67. The van der Waals surface area contributed by atoms with Gasteiger partial charge in [0.2, 0.25) is 5.91 Å². The van der Waals surface area contributed by atoms with Crippen molar-refractivity contribution in [2.24, 2.45) is 5.73 Å². The summed E-state index contributed by atoms with van der Waals surface area (Å²) in [6.45, 7) is 3.00. The van der Waals surface area contributed by atoms with Crippen LogP contribution in [0.4, 0.5) is 0 Å². The summed E-state index contributed by atoms with van der Waals surface area (Å²) in [5.74, 6) is -1.52. The van der Waals surface area contributed by atoms with Crippen LogP contribution in [0.1, 0.15) is 26.2 Å². The summed E-state index contributed by atoms with van der Waals surface area (Å²) >= 11 is 0. The number of ether oxygens (including phenoxy) is 1. The van der Waals surface area contributed by atoms with Gasteiger partial charge in [-0.3, -0.25) is 9.59 Å². The monoisotopic (exact) mass is 230 g/mol. The molecule has 1 aliphatic heterocycles. The van der Waals surface area contributed by atoms with Gasteiger partial charge in [-0.15, -0.1) is 0 Å². The predicted octanol–water partition coefficient (Wildman–Crippen LogP) is -0.526. The molecule has 92 valence electrons. The number of carboxylic acids is 1. The van der Waals surface area contributed by atoms with E-state index in [1.54, 1.807) is 0 Å². The fraction of sp³-hybridized carbons (Fsp3) is 0.800. The lowest BCUT2D eigenvalue weighted by atomic mass is 10.0. The Kier molecular flexibility index (Phi) is 4.26. The average molecular weight is 230 g/mol. The van der Waals surface area contributed by atoms with Crippen LogP contribution in [0.5, 0.6) is 0 Å². The quantitative estimate of drug-likeness (QED) is 0.589. The highest BCUT2D eigenvalue weighted by atomic mass is 16.5. The second kappa shape index (κ2) is 5.27. The standard InChI is InChI=1S/C10H18N2O4/c1-10(3-2-4-16-10)6-12-9(15)7(11)5-8(13)14/h7H,2-6,11H2,1H3,(H,12,15)(H,13,14). The summed E-state index contributed by atoms with van der Waals surface area (Å²) < 4.78 is 5.48. The van der Waals surface area contributed by atoms with Gasteiger partial charge in [-0.05, 0) is 19.8 Å². The van der Waals surface area contributed by atoms with Gasteiger partial charge in [0, 0.05) is 13.2 Å². The number of carbonyl (C=O) groups excluding carboxylic acids is 1. The van der Waals surface area contributed by atoms with Crippen LogP contribution in [0.2, 0.25) is 0 Å². The Hall–Kier alpha value is -1.14. The first kappa shape index (κ1) is 12.9. The summed E-state index contributed by atoms with van der Waals surface area (Å²) in [5, 5.41) is 11.1. The van der Waals surface area contributed by atoms with E-state index in [2.05, 4.69) is 5.32 Å². The Morgan fingerprint density at radius 1 is 1.62 bits per heavy atom. The molecule has 1 rings (SSSR count). The second-order valence-corrected chi connectivity index (χ2v) is 4.32. The van der Waals surface area contributed by atoms with Crippen molar-refractivity contribution in [1.82, 2.24) is 5.32 Å². The zero-order valence-electron chi connectivity index (χ0n) is 9.36. The van der Waals surface area contributed by atoms with Crippen molar-refractivity contribution >= 4 is 11.9 Å². The van der Waals surface area contributed by atoms with Gasteiger partial charge in [0.15, 0.2) is 0 Å². The van der Waals surface area contributed by atoms with Crippen molar-refractivity contribution in [1.29, 1.82) is 0 Å². The minimum atomic E-state index is -1.08. The lowest BCUT2D eigenvalue weighted by Gasteiger charge is -2.24. The van der Waals surface area contributed by atoms with Crippen LogP contribution in [0.15, 0.2) is 0 Å². The molecule has 2 atom stereocenters. The average Bonchev–Trinajstić information content (AvgIpc) is 2.61. The predicted molar refractivity (Wildman–Crippen MR) is 56.8 cm³/mol. The number of rotatable bonds is 5. The van der Waals surface area contributed by atoms with E-state index in [0.29, 0.717) is 13.2 Å². The van der Waals surface area contributed by atoms with E-state index < -0.39 is 17.9 Å². The molecule has 1 fully saturated rings. The number of carboxylic acid groups (broad SMARTS) is 1. The van der Waals surface area contributed by atoms with E-state index in [1.165, 1.54) is 0 Å². The van der Waals surface area contributed by atoms with Gasteiger partial charge < -0.3 is 20.9 Å². The highest BCUT2D eigenvalue weighted by Crippen LogP contribution is 2.23. The third kappa shape index (κ3) is 3.79. The molecule has 0 bridgehead atoms. The lowest BCUT2D eigenvalue weighted by Crippen LogP contribution is -2.47. The molecule has 6 heteroatoms. The van der Waals surface area contributed by atoms with Gasteiger partial charge in [0.05, 0.1) is 18.1 Å². The topological polar surface area (TPSA) is 102 Å². The molecule has 1 aliphatic rings. The molecule has 0 aliphatic carbocycles. The molecular formula is C10H18N2O4. The number of carbonyl (C=O) groups is 2. The molecule has 0 aromatic carbocycles. The highest BCUT2D eigenvalue weighted by molar-refractivity contribution is 5.85. The lowest BCUT2D eigenvalue weighted by molar-refractivity contribution is -0.139. The SMILES string of the molecule is CC1(CNC(=O)C(N)CC(=O)O)CCCO1. The summed E-state index contributed by atoms with van der Waals surface area (Å²) in [5.41, 5.74) is 5.08. The van der Waals surface area contributed by atoms with Crippen molar-refractivity contribution in [3.63, 3.8) is 0 Å². The Balaban J connectivity index is 2.31. The number of hydrogen-bond donors (Lipinski definition) is 3. The Labute approximate surface area is 94.1 Å². The van der Waals surface area contributed by atoms with E-state index in [9.17, 15) is 9.59 Å². The maximum atomic E-state index is 11.4. The van der Waals surface area contributed by atoms with Crippen LogP contribution in [0, 0.1) is 0 Å². The van der Waals surface area contributed by atoms with E-state index in [0.717, 1.165) is 12.8 Å². The first-order valence-corrected chi connectivity index (χ1v) is 5.32. The normalized spacial score (nSPS) is 26.4. The summed E-state index contributed by atoms with van der Waals surface area (Å²) in [6.07, 6.45) is 1.51. The molecule has 1 saturated heterocycles. The first-order chi connectivity index (χ1) is 7.43. The van der Waals surface area contributed by atoms with Gasteiger partial charge in [0.1, 0.15) is 0 Å². The maximum absolute atomic E-state index is 11.4. The fourth-order valence-corrected chi connectivity index (χ4v) is 1.66. The maximum Gasteiger partial charge on any atom is 0.305 e. The van der Waals surface area contributed by atoms with Gasteiger partial charge in [0.25, 0.3) is 0 Å². The van der Waals surface area contributed by atoms with Crippen LogP contribution in [0.25, 0.3) is 0 Å². The van der Waals surface area contributed by atoms with E-state index in [1.807, 2.05) is 6.92 Å². The number of nitrogens with two attached hydrogens (primary N) is 1. The molecule has 0 aromatic rings. The largest absolute Gasteiger partial charge is 0.481 e. The number of amides is 1. The third-order valence-electron chi connectivity index (χ3n) is 2.67. The molecule has 1 amide bonds. The number of nitrogens with one attached hydrogen (secondary N) is 1. The van der Waals surface area contributed by atoms with Crippen LogP contribution in [-0.4, -0.2) is 41.8 Å². The smallest absolute Gasteiger partial charge is 0.305 e. The van der Waals surface area contributed by atoms with Crippen molar-refractivity contribution in [2.75, 3.05) is 13.2 Å². The zero-order valence-corrected chi connectivity index (χ0v) is 9.36. The summed E-state index contributed by atoms with van der Waals surface area (Å²) in [6, 6.07) is -0.998. The van der Waals surface area contributed by atoms with Crippen LogP contribution < -0.4 is 11.1 Å². The van der Waals surface area contributed by atoms with Crippen molar-refractivity contribution in [3.05, 3.63) is 0 Å². The van der Waals surface area contributed by atoms with E-state index >= 15 is 0 Å². The van der Waals surface area contributed by atoms with Gasteiger partial charge in [-0.1, -0.05) is 0 Å².